The molecule has 4 N–H and O–H groups in total. The largest absolute Gasteiger partial charge is 0.399 e. The Morgan fingerprint density at radius 3 is 2.24 bits per heavy atom. The van der Waals surface area contributed by atoms with E-state index in [2.05, 4.69) is 18.7 Å². The summed E-state index contributed by atoms with van der Waals surface area (Å²) in [4.78, 5) is 2.24. The number of hydrogen-bond acceptors (Lipinski definition) is 4. The van der Waals surface area contributed by atoms with E-state index in [0.29, 0.717) is 16.8 Å². The normalized spacial score (nSPS) is 18.7. The highest BCUT2D eigenvalue weighted by molar-refractivity contribution is 7.89. The average molecular weight is 311 g/mol. The van der Waals surface area contributed by atoms with Crippen molar-refractivity contribution < 1.29 is 8.42 Å². The molecule has 0 unspecified atom stereocenters. The molecule has 118 valence electrons. The van der Waals surface area contributed by atoms with E-state index in [0.717, 1.165) is 25.9 Å². The van der Waals surface area contributed by atoms with Gasteiger partial charge in [0.1, 0.15) is 4.90 Å². The number of primary sulfonamides is 1. The van der Waals surface area contributed by atoms with Crippen LogP contribution in [0.4, 0.5) is 11.4 Å². The topological polar surface area (TPSA) is 89.4 Å². The second-order valence-electron chi connectivity index (χ2n) is 5.97. The summed E-state index contributed by atoms with van der Waals surface area (Å²) in [6.07, 6.45) is 4.49. The summed E-state index contributed by atoms with van der Waals surface area (Å²) in [6, 6.07) is 4.94. The van der Waals surface area contributed by atoms with Gasteiger partial charge in [0, 0.05) is 18.8 Å². The quantitative estimate of drug-likeness (QED) is 0.835. The average Bonchev–Trinajstić information content (AvgIpc) is 2.46. The molecule has 1 aliphatic heterocycles. The van der Waals surface area contributed by atoms with E-state index in [9.17, 15) is 8.42 Å². The van der Waals surface area contributed by atoms with Gasteiger partial charge in [-0.3, -0.25) is 0 Å². The Morgan fingerprint density at radius 1 is 1.19 bits per heavy atom. The van der Waals surface area contributed by atoms with Crippen LogP contribution >= 0.6 is 0 Å². The van der Waals surface area contributed by atoms with Crippen molar-refractivity contribution in [2.24, 2.45) is 10.6 Å². The maximum atomic E-state index is 11.8. The van der Waals surface area contributed by atoms with Gasteiger partial charge in [-0.15, -0.1) is 0 Å². The van der Waals surface area contributed by atoms with Crippen molar-refractivity contribution in [3.05, 3.63) is 18.2 Å². The molecule has 0 aromatic heterocycles. The summed E-state index contributed by atoms with van der Waals surface area (Å²) >= 11 is 0. The van der Waals surface area contributed by atoms with Crippen LogP contribution < -0.4 is 15.8 Å². The fourth-order valence-electron chi connectivity index (χ4n) is 3.20. The number of piperidine rings is 1. The predicted octanol–water partition coefficient (Wildman–Crippen LogP) is 2.32. The van der Waals surface area contributed by atoms with Gasteiger partial charge in [0.15, 0.2) is 0 Å². The highest BCUT2D eigenvalue weighted by Crippen LogP contribution is 2.40. The second-order valence-corrected chi connectivity index (χ2v) is 7.50. The second kappa shape index (κ2) is 5.85. The van der Waals surface area contributed by atoms with Crippen molar-refractivity contribution in [2.75, 3.05) is 23.7 Å². The van der Waals surface area contributed by atoms with Gasteiger partial charge in [-0.1, -0.05) is 26.7 Å². The standard InChI is InChI=1S/C15H25N3O2S/c1-3-15(4-2)7-9-18(10-8-15)13-6-5-12(16)11-14(13)21(17,19)20/h5-6,11H,3-4,7-10,16H2,1-2H3,(H2,17,19,20). The molecule has 1 aromatic carbocycles. The number of nitrogens with zero attached hydrogens (tertiary/aromatic N) is 1. The zero-order chi connectivity index (χ0) is 15.7. The first-order chi connectivity index (χ1) is 9.81. The summed E-state index contributed by atoms with van der Waals surface area (Å²) in [5, 5.41) is 5.33. The molecule has 0 amide bonds. The van der Waals surface area contributed by atoms with E-state index in [4.69, 9.17) is 10.9 Å². The van der Waals surface area contributed by atoms with Crippen LogP contribution in [-0.4, -0.2) is 21.5 Å². The van der Waals surface area contributed by atoms with E-state index in [1.54, 1.807) is 12.1 Å². The van der Waals surface area contributed by atoms with Crippen LogP contribution in [0.25, 0.3) is 0 Å². The predicted molar refractivity (Wildman–Crippen MR) is 86.7 cm³/mol. The van der Waals surface area contributed by atoms with E-state index < -0.39 is 10.0 Å². The molecule has 0 bridgehead atoms. The minimum atomic E-state index is -3.77. The molecule has 5 nitrogen and oxygen atoms in total. The first-order valence-electron chi connectivity index (χ1n) is 7.48. The highest BCUT2D eigenvalue weighted by Gasteiger charge is 2.32. The van der Waals surface area contributed by atoms with Gasteiger partial charge in [0.25, 0.3) is 0 Å². The maximum Gasteiger partial charge on any atom is 0.240 e. The molecule has 1 aromatic rings. The van der Waals surface area contributed by atoms with Gasteiger partial charge in [-0.25, -0.2) is 13.6 Å². The van der Waals surface area contributed by atoms with Crippen LogP contribution in [0.1, 0.15) is 39.5 Å². The summed E-state index contributed by atoms with van der Waals surface area (Å²) in [7, 11) is -3.77. The van der Waals surface area contributed by atoms with Crippen molar-refractivity contribution in [1.29, 1.82) is 0 Å². The van der Waals surface area contributed by atoms with Crippen LogP contribution in [0, 0.1) is 5.41 Å². The van der Waals surface area contributed by atoms with Gasteiger partial charge in [-0.05, 0) is 36.5 Å². The fraction of sp³-hybridized carbons (Fsp3) is 0.600. The number of anilines is 2. The summed E-state index contributed by atoms with van der Waals surface area (Å²) in [5.41, 5.74) is 7.18. The molecule has 2 rings (SSSR count). The zero-order valence-corrected chi connectivity index (χ0v) is 13.6. The smallest absolute Gasteiger partial charge is 0.240 e. The molecule has 21 heavy (non-hydrogen) atoms. The van der Waals surface area contributed by atoms with Gasteiger partial charge in [-0.2, -0.15) is 0 Å². The van der Waals surface area contributed by atoms with Crippen molar-refractivity contribution >= 4 is 21.4 Å². The zero-order valence-electron chi connectivity index (χ0n) is 12.8. The lowest BCUT2D eigenvalue weighted by atomic mass is 9.74. The maximum absolute atomic E-state index is 11.8. The Bertz CT molecular complexity index is 599. The lowest BCUT2D eigenvalue weighted by Crippen LogP contribution is -2.40. The van der Waals surface area contributed by atoms with E-state index in [1.807, 2.05) is 0 Å². The number of sulfonamides is 1. The number of hydrogen-bond donors (Lipinski definition) is 2. The van der Waals surface area contributed by atoms with Crippen molar-refractivity contribution in [3.63, 3.8) is 0 Å². The first kappa shape index (κ1) is 16.1. The molecule has 0 radical (unpaired) electrons. The molecule has 0 spiro atoms. The molecule has 1 saturated heterocycles. The Hall–Kier alpha value is -1.27. The van der Waals surface area contributed by atoms with Crippen LogP contribution in [0.3, 0.4) is 0 Å². The summed E-state index contributed by atoms with van der Waals surface area (Å²) in [6.45, 7) is 6.18. The van der Waals surface area contributed by atoms with Crippen LogP contribution in [0.15, 0.2) is 23.1 Å². The summed E-state index contributed by atoms with van der Waals surface area (Å²) < 4.78 is 23.6. The van der Waals surface area contributed by atoms with E-state index in [1.165, 1.54) is 18.9 Å². The third-order valence-electron chi connectivity index (χ3n) is 4.96. The van der Waals surface area contributed by atoms with Gasteiger partial charge >= 0.3 is 0 Å². The Kier molecular flexibility index (Phi) is 4.49. The highest BCUT2D eigenvalue weighted by atomic mass is 32.2. The minimum Gasteiger partial charge on any atom is -0.399 e. The third-order valence-corrected chi connectivity index (χ3v) is 5.90. The number of benzene rings is 1. The molecule has 0 saturated carbocycles. The molecule has 6 heteroatoms. The third kappa shape index (κ3) is 3.32. The SMILES string of the molecule is CCC1(CC)CCN(c2ccc(N)cc2S(N)(=O)=O)CC1. The van der Waals surface area contributed by atoms with E-state index in [-0.39, 0.29) is 4.90 Å². The lowest BCUT2D eigenvalue weighted by molar-refractivity contribution is 0.199. The summed E-state index contributed by atoms with van der Waals surface area (Å²) in [5.74, 6) is 0. The van der Waals surface area contributed by atoms with Crippen molar-refractivity contribution in [1.82, 2.24) is 0 Å². The molecule has 1 heterocycles. The van der Waals surface area contributed by atoms with Crippen molar-refractivity contribution in [2.45, 2.75) is 44.4 Å². The molecule has 1 aliphatic rings. The Labute approximate surface area is 127 Å². The number of nitrogens with two attached hydrogens (primary N) is 2. The van der Waals surface area contributed by atoms with Crippen LogP contribution in [0.2, 0.25) is 0 Å². The Morgan fingerprint density at radius 2 is 1.76 bits per heavy atom. The monoisotopic (exact) mass is 311 g/mol. The molecule has 0 atom stereocenters. The van der Waals surface area contributed by atoms with Gasteiger partial charge < -0.3 is 10.6 Å². The van der Waals surface area contributed by atoms with Crippen LogP contribution in [-0.2, 0) is 10.0 Å². The molecule has 0 aliphatic carbocycles. The lowest BCUT2D eigenvalue weighted by Gasteiger charge is -2.42. The van der Waals surface area contributed by atoms with Gasteiger partial charge in [0.2, 0.25) is 10.0 Å². The fourth-order valence-corrected chi connectivity index (χ4v) is 3.99. The molecule has 1 fully saturated rings. The Balaban J connectivity index is 2.29. The van der Waals surface area contributed by atoms with Crippen LogP contribution in [0.5, 0.6) is 0 Å². The van der Waals surface area contributed by atoms with E-state index >= 15 is 0 Å². The number of nitrogen functional groups attached to an aromatic ring is 1. The number of rotatable bonds is 4. The molecular formula is C15H25N3O2S. The molecular weight excluding hydrogens is 286 g/mol. The first-order valence-corrected chi connectivity index (χ1v) is 9.03. The van der Waals surface area contributed by atoms with Gasteiger partial charge in [0.05, 0.1) is 5.69 Å². The minimum absolute atomic E-state index is 0.128. The van der Waals surface area contributed by atoms with Crippen molar-refractivity contribution in [3.8, 4) is 0 Å².